The van der Waals surface area contributed by atoms with Gasteiger partial charge in [-0.2, -0.15) is 5.26 Å². The van der Waals surface area contributed by atoms with Gasteiger partial charge in [-0.05, 0) is 48.4 Å². The van der Waals surface area contributed by atoms with Gasteiger partial charge in [0.2, 0.25) is 0 Å². The standard InChI is InChI=1S/C16H15FN2O/c1-11-6-14(17)8-15(7-11)19-10-16(20)13-4-2-12(9-18)3-5-13/h2-8,16,19-20H,10H2,1H3. The Balaban J connectivity index is 2.00. The molecule has 0 aliphatic carbocycles. The molecule has 1 atom stereocenters. The highest BCUT2D eigenvalue weighted by Gasteiger charge is 2.07. The lowest BCUT2D eigenvalue weighted by Gasteiger charge is -2.13. The molecule has 0 aromatic heterocycles. The maximum atomic E-state index is 13.2. The summed E-state index contributed by atoms with van der Waals surface area (Å²) < 4.78 is 13.2. The van der Waals surface area contributed by atoms with Gasteiger partial charge in [-0.3, -0.25) is 0 Å². The second-order valence-corrected chi connectivity index (χ2v) is 4.65. The van der Waals surface area contributed by atoms with E-state index in [1.165, 1.54) is 12.1 Å². The minimum atomic E-state index is -0.716. The third-order valence-corrected chi connectivity index (χ3v) is 2.97. The average Bonchev–Trinajstić information content (AvgIpc) is 2.44. The van der Waals surface area contributed by atoms with E-state index in [0.29, 0.717) is 16.8 Å². The summed E-state index contributed by atoms with van der Waals surface area (Å²) in [6.45, 7) is 2.08. The van der Waals surface area contributed by atoms with Gasteiger partial charge < -0.3 is 10.4 Å². The number of halogens is 1. The van der Waals surface area contributed by atoms with E-state index in [9.17, 15) is 9.50 Å². The highest BCUT2D eigenvalue weighted by Crippen LogP contribution is 2.17. The molecule has 0 aliphatic heterocycles. The maximum Gasteiger partial charge on any atom is 0.125 e. The lowest BCUT2D eigenvalue weighted by atomic mass is 10.1. The Morgan fingerprint density at radius 2 is 1.95 bits per heavy atom. The molecular weight excluding hydrogens is 255 g/mol. The van der Waals surface area contributed by atoms with Gasteiger partial charge in [-0.1, -0.05) is 12.1 Å². The molecule has 102 valence electrons. The van der Waals surface area contributed by atoms with Crippen LogP contribution >= 0.6 is 0 Å². The number of hydrogen-bond acceptors (Lipinski definition) is 3. The van der Waals surface area contributed by atoms with Gasteiger partial charge in [0, 0.05) is 12.2 Å². The molecule has 2 aromatic rings. The summed E-state index contributed by atoms with van der Waals surface area (Å²) >= 11 is 0. The molecule has 3 nitrogen and oxygen atoms in total. The summed E-state index contributed by atoms with van der Waals surface area (Å²) in [6, 6.07) is 13.4. The van der Waals surface area contributed by atoms with Crippen molar-refractivity contribution in [2.45, 2.75) is 13.0 Å². The summed E-state index contributed by atoms with van der Waals surface area (Å²) in [7, 11) is 0. The third-order valence-electron chi connectivity index (χ3n) is 2.97. The van der Waals surface area contributed by atoms with Crippen molar-refractivity contribution >= 4 is 5.69 Å². The van der Waals surface area contributed by atoms with Gasteiger partial charge in [0.15, 0.2) is 0 Å². The molecule has 0 fully saturated rings. The number of benzene rings is 2. The Kier molecular flexibility index (Phi) is 4.34. The van der Waals surface area contributed by atoms with Gasteiger partial charge in [-0.25, -0.2) is 4.39 Å². The van der Waals surface area contributed by atoms with Crippen molar-refractivity contribution < 1.29 is 9.50 Å². The fraction of sp³-hybridized carbons (Fsp3) is 0.188. The van der Waals surface area contributed by atoms with Crippen LogP contribution in [0.5, 0.6) is 0 Å². The van der Waals surface area contributed by atoms with Crippen LogP contribution in [-0.4, -0.2) is 11.7 Å². The van der Waals surface area contributed by atoms with E-state index in [1.54, 1.807) is 24.3 Å². The van der Waals surface area contributed by atoms with E-state index in [4.69, 9.17) is 5.26 Å². The minimum Gasteiger partial charge on any atom is -0.387 e. The SMILES string of the molecule is Cc1cc(F)cc(NCC(O)c2ccc(C#N)cc2)c1. The second kappa shape index (κ2) is 6.18. The van der Waals surface area contributed by atoms with Crippen LogP contribution in [0, 0.1) is 24.1 Å². The maximum absolute atomic E-state index is 13.2. The van der Waals surface area contributed by atoms with Crippen LogP contribution in [0.25, 0.3) is 0 Å². The first-order valence-electron chi connectivity index (χ1n) is 6.27. The number of aryl methyl sites for hydroxylation is 1. The molecule has 4 heteroatoms. The van der Waals surface area contributed by atoms with E-state index in [-0.39, 0.29) is 12.4 Å². The number of rotatable bonds is 4. The van der Waals surface area contributed by atoms with Crippen molar-refractivity contribution in [2.24, 2.45) is 0 Å². The zero-order chi connectivity index (χ0) is 14.5. The van der Waals surface area contributed by atoms with E-state index in [1.807, 2.05) is 19.1 Å². The molecule has 0 amide bonds. The summed E-state index contributed by atoms with van der Waals surface area (Å²) in [5, 5.41) is 21.8. The summed E-state index contributed by atoms with van der Waals surface area (Å²) in [5.41, 5.74) is 2.72. The number of nitriles is 1. The van der Waals surface area contributed by atoms with Crippen LogP contribution in [0.4, 0.5) is 10.1 Å². The quantitative estimate of drug-likeness (QED) is 0.897. The third kappa shape index (κ3) is 3.56. The van der Waals surface area contributed by atoms with E-state index in [2.05, 4.69) is 5.32 Å². The first-order valence-corrected chi connectivity index (χ1v) is 6.27. The van der Waals surface area contributed by atoms with Crippen molar-refractivity contribution in [3.8, 4) is 6.07 Å². The first-order chi connectivity index (χ1) is 9.58. The van der Waals surface area contributed by atoms with Gasteiger partial charge in [0.25, 0.3) is 0 Å². The first kappa shape index (κ1) is 14.0. The number of nitrogens with one attached hydrogen (secondary N) is 1. The molecule has 0 saturated carbocycles. The van der Waals surface area contributed by atoms with Gasteiger partial charge >= 0.3 is 0 Å². The topological polar surface area (TPSA) is 56.0 Å². The number of hydrogen-bond donors (Lipinski definition) is 2. The van der Waals surface area contributed by atoms with Crippen LogP contribution in [0.15, 0.2) is 42.5 Å². The number of aliphatic hydroxyl groups excluding tert-OH is 1. The molecule has 0 heterocycles. The lowest BCUT2D eigenvalue weighted by Crippen LogP contribution is -2.12. The lowest BCUT2D eigenvalue weighted by molar-refractivity contribution is 0.191. The number of aliphatic hydroxyl groups is 1. The zero-order valence-corrected chi connectivity index (χ0v) is 11.1. The van der Waals surface area contributed by atoms with Crippen LogP contribution in [0.3, 0.4) is 0 Å². The summed E-state index contributed by atoms with van der Waals surface area (Å²) in [4.78, 5) is 0. The van der Waals surface area contributed by atoms with Gasteiger partial charge in [0.05, 0.1) is 17.7 Å². The van der Waals surface area contributed by atoms with Crippen molar-refractivity contribution in [1.82, 2.24) is 0 Å². The van der Waals surface area contributed by atoms with E-state index in [0.717, 1.165) is 5.56 Å². The molecule has 0 radical (unpaired) electrons. The highest BCUT2D eigenvalue weighted by atomic mass is 19.1. The van der Waals surface area contributed by atoms with Crippen molar-refractivity contribution in [2.75, 3.05) is 11.9 Å². The van der Waals surface area contributed by atoms with E-state index >= 15 is 0 Å². The molecule has 2 N–H and O–H groups in total. The molecule has 0 spiro atoms. The molecule has 0 saturated heterocycles. The Labute approximate surface area is 117 Å². The van der Waals surface area contributed by atoms with Crippen LogP contribution in [0.1, 0.15) is 22.8 Å². The Morgan fingerprint density at radius 3 is 2.55 bits per heavy atom. The number of nitrogens with zero attached hydrogens (tertiary/aromatic N) is 1. The van der Waals surface area contributed by atoms with E-state index < -0.39 is 6.10 Å². The van der Waals surface area contributed by atoms with Crippen LogP contribution < -0.4 is 5.32 Å². The Bertz CT molecular complexity index is 612. The summed E-state index contributed by atoms with van der Waals surface area (Å²) in [5.74, 6) is -0.305. The predicted octanol–water partition coefficient (Wildman–Crippen LogP) is 3.15. The number of anilines is 1. The largest absolute Gasteiger partial charge is 0.387 e. The normalized spacial score (nSPS) is 11.7. The molecule has 20 heavy (non-hydrogen) atoms. The minimum absolute atomic E-state index is 0.273. The molecule has 1 unspecified atom stereocenters. The summed E-state index contributed by atoms with van der Waals surface area (Å²) in [6.07, 6.45) is -0.716. The zero-order valence-electron chi connectivity index (χ0n) is 11.1. The average molecular weight is 270 g/mol. The van der Waals surface area contributed by atoms with Crippen LogP contribution in [0.2, 0.25) is 0 Å². The fourth-order valence-electron chi connectivity index (χ4n) is 1.95. The molecular formula is C16H15FN2O. The highest BCUT2D eigenvalue weighted by molar-refractivity contribution is 5.46. The predicted molar refractivity (Wildman–Crippen MR) is 75.7 cm³/mol. The Hall–Kier alpha value is -2.38. The monoisotopic (exact) mass is 270 g/mol. The van der Waals surface area contributed by atoms with Crippen molar-refractivity contribution in [1.29, 1.82) is 5.26 Å². The smallest absolute Gasteiger partial charge is 0.125 e. The van der Waals surface area contributed by atoms with Gasteiger partial charge in [-0.15, -0.1) is 0 Å². The van der Waals surface area contributed by atoms with Crippen molar-refractivity contribution in [3.05, 3.63) is 65.0 Å². The molecule has 0 aliphatic rings. The fourth-order valence-corrected chi connectivity index (χ4v) is 1.95. The van der Waals surface area contributed by atoms with Crippen LogP contribution in [-0.2, 0) is 0 Å². The van der Waals surface area contributed by atoms with Gasteiger partial charge in [0.1, 0.15) is 5.82 Å². The molecule has 0 bridgehead atoms. The molecule has 2 rings (SSSR count). The van der Waals surface area contributed by atoms with Crippen molar-refractivity contribution in [3.63, 3.8) is 0 Å². The second-order valence-electron chi connectivity index (χ2n) is 4.65. The molecule has 2 aromatic carbocycles. The Morgan fingerprint density at radius 1 is 1.25 bits per heavy atom.